The van der Waals surface area contributed by atoms with Gasteiger partial charge in [-0.2, -0.15) is 8.42 Å². The summed E-state index contributed by atoms with van der Waals surface area (Å²) in [6, 6.07) is 13.7. The van der Waals surface area contributed by atoms with Gasteiger partial charge in [0.2, 0.25) is 0 Å². The van der Waals surface area contributed by atoms with Crippen LogP contribution in [0.4, 0.5) is 17.1 Å². The van der Waals surface area contributed by atoms with Crippen molar-refractivity contribution >= 4 is 27.4 Å². The minimum absolute atomic E-state index is 0.0537. The van der Waals surface area contributed by atoms with Crippen molar-refractivity contribution in [3.05, 3.63) is 48.5 Å². The zero-order valence-electron chi connectivity index (χ0n) is 11.5. The van der Waals surface area contributed by atoms with Crippen molar-refractivity contribution < 1.29 is 22.9 Å². The molecular weight excluding hydrogens is 310 g/mol. The van der Waals surface area contributed by atoms with Crippen LogP contribution >= 0.6 is 0 Å². The molecule has 0 spiro atoms. The maximum atomic E-state index is 11.2. The zero-order chi connectivity index (χ0) is 16.2. The number of ether oxygens (including phenoxy) is 1. The molecule has 3 N–H and O–H groups in total. The van der Waals surface area contributed by atoms with Gasteiger partial charge >= 0.3 is 10.3 Å². The molecule has 0 aromatic heterocycles. The maximum Gasteiger partial charge on any atom is 0.377 e. The molecule has 2 aromatic rings. The Labute approximate surface area is 127 Å². The third kappa shape index (κ3) is 3.65. The smallest absolute Gasteiger partial charge is 0.377 e. The van der Waals surface area contributed by atoms with E-state index in [-0.39, 0.29) is 15.9 Å². The topological polar surface area (TPSA) is 113 Å². The SMILES string of the molecule is COc1cc(Nc2ccccc2)ccc1N([N]O)S(=O)(=O)O. The van der Waals surface area contributed by atoms with Gasteiger partial charge in [0.25, 0.3) is 0 Å². The normalized spacial score (nSPS) is 11.0. The summed E-state index contributed by atoms with van der Waals surface area (Å²) in [7, 11) is -3.43. The Morgan fingerprint density at radius 2 is 1.82 bits per heavy atom. The lowest BCUT2D eigenvalue weighted by atomic mass is 10.2. The number of para-hydroxylation sites is 1. The third-order valence-electron chi connectivity index (χ3n) is 2.75. The highest BCUT2D eigenvalue weighted by atomic mass is 32.2. The Morgan fingerprint density at radius 1 is 1.14 bits per heavy atom. The number of rotatable bonds is 6. The summed E-state index contributed by atoms with van der Waals surface area (Å²) in [4.78, 5) is 0. The fraction of sp³-hybridized carbons (Fsp3) is 0.0769. The molecule has 22 heavy (non-hydrogen) atoms. The first-order valence-corrected chi connectivity index (χ1v) is 7.48. The van der Waals surface area contributed by atoms with Gasteiger partial charge in [0.1, 0.15) is 11.4 Å². The van der Waals surface area contributed by atoms with Crippen molar-refractivity contribution in [2.75, 3.05) is 16.8 Å². The first kappa shape index (κ1) is 16.0. The lowest BCUT2D eigenvalue weighted by molar-refractivity contribution is 0.159. The molecule has 2 aromatic carbocycles. The highest BCUT2D eigenvalue weighted by Gasteiger charge is 2.24. The summed E-state index contributed by atoms with van der Waals surface area (Å²) >= 11 is 0. The largest absolute Gasteiger partial charge is 0.494 e. The van der Waals surface area contributed by atoms with E-state index in [0.717, 1.165) is 5.69 Å². The molecule has 0 fully saturated rings. The Kier molecular flexibility index (Phi) is 4.83. The first-order chi connectivity index (χ1) is 10.5. The molecular formula is C13H14N3O5S. The molecule has 0 amide bonds. The van der Waals surface area contributed by atoms with Crippen LogP contribution in [0.1, 0.15) is 0 Å². The van der Waals surface area contributed by atoms with E-state index in [9.17, 15) is 8.42 Å². The van der Waals surface area contributed by atoms with Crippen molar-refractivity contribution in [1.82, 2.24) is 5.59 Å². The molecule has 0 heterocycles. The highest BCUT2D eigenvalue weighted by molar-refractivity contribution is 7.87. The van der Waals surface area contributed by atoms with E-state index in [4.69, 9.17) is 14.5 Å². The minimum atomic E-state index is -4.76. The van der Waals surface area contributed by atoms with Gasteiger partial charge in [0.05, 0.1) is 7.11 Å². The fourth-order valence-corrected chi connectivity index (χ4v) is 2.31. The quantitative estimate of drug-likeness (QED) is 0.553. The van der Waals surface area contributed by atoms with E-state index >= 15 is 0 Å². The van der Waals surface area contributed by atoms with E-state index in [1.165, 1.54) is 19.2 Å². The number of anilines is 3. The average Bonchev–Trinajstić information content (AvgIpc) is 2.49. The van der Waals surface area contributed by atoms with E-state index in [1.807, 2.05) is 30.3 Å². The van der Waals surface area contributed by atoms with Gasteiger partial charge in [0.15, 0.2) is 0 Å². The summed E-state index contributed by atoms with van der Waals surface area (Å²) in [6.45, 7) is 0. The molecule has 9 heteroatoms. The molecule has 2 rings (SSSR count). The number of nitrogens with one attached hydrogen (secondary N) is 1. The predicted molar refractivity (Wildman–Crippen MR) is 80.7 cm³/mol. The van der Waals surface area contributed by atoms with Gasteiger partial charge in [0, 0.05) is 23.0 Å². The van der Waals surface area contributed by atoms with Crippen LogP contribution in [0.5, 0.6) is 5.75 Å². The van der Waals surface area contributed by atoms with E-state index in [1.54, 1.807) is 6.07 Å². The van der Waals surface area contributed by atoms with Crippen LogP contribution in [-0.4, -0.2) is 25.3 Å². The zero-order valence-corrected chi connectivity index (χ0v) is 12.4. The lowest BCUT2D eigenvalue weighted by Gasteiger charge is -2.19. The first-order valence-electron chi connectivity index (χ1n) is 6.08. The van der Waals surface area contributed by atoms with E-state index in [2.05, 4.69) is 10.9 Å². The molecule has 1 radical (unpaired) electrons. The minimum Gasteiger partial charge on any atom is -0.494 e. The molecule has 0 aliphatic heterocycles. The summed E-state index contributed by atoms with van der Waals surface area (Å²) in [5, 5.41) is 11.9. The summed E-state index contributed by atoms with van der Waals surface area (Å²) < 4.78 is 36.5. The van der Waals surface area contributed by atoms with Crippen molar-refractivity contribution in [2.45, 2.75) is 0 Å². The Balaban J connectivity index is 2.36. The number of hydrogen-bond acceptors (Lipinski definition) is 5. The Bertz CT molecular complexity index is 737. The van der Waals surface area contributed by atoms with E-state index in [0.29, 0.717) is 5.69 Å². The van der Waals surface area contributed by atoms with Crippen LogP contribution < -0.4 is 20.1 Å². The van der Waals surface area contributed by atoms with Gasteiger partial charge in [-0.15, -0.1) is 4.41 Å². The Hall–Kier alpha value is -2.33. The molecule has 0 atom stereocenters. The second kappa shape index (κ2) is 6.62. The van der Waals surface area contributed by atoms with Crippen LogP contribution in [0.2, 0.25) is 0 Å². The Morgan fingerprint density at radius 3 is 2.36 bits per heavy atom. The second-order valence-electron chi connectivity index (χ2n) is 4.19. The van der Waals surface area contributed by atoms with Crippen molar-refractivity contribution in [3.63, 3.8) is 0 Å². The fourth-order valence-electron chi connectivity index (χ4n) is 1.82. The molecule has 117 valence electrons. The van der Waals surface area contributed by atoms with Crippen LogP contribution in [0, 0.1) is 0 Å². The van der Waals surface area contributed by atoms with Crippen molar-refractivity contribution in [1.29, 1.82) is 0 Å². The molecule has 8 nitrogen and oxygen atoms in total. The predicted octanol–water partition coefficient (Wildman–Crippen LogP) is 1.96. The van der Waals surface area contributed by atoms with Gasteiger partial charge in [-0.1, -0.05) is 18.2 Å². The summed E-state index contributed by atoms with van der Waals surface area (Å²) in [5.74, 6) is 0.0938. The van der Waals surface area contributed by atoms with Crippen LogP contribution in [-0.2, 0) is 10.3 Å². The highest BCUT2D eigenvalue weighted by Crippen LogP contribution is 2.32. The number of hydrogen-bond donors (Lipinski definition) is 3. The second-order valence-corrected chi connectivity index (χ2v) is 5.43. The summed E-state index contributed by atoms with van der Waals surface area (Å²) in [5.41, 5.74) is 3.87. The molecule has 0 bridgehead atoms. The van der Waals surface area contributed by atoms with Gasteiger partial charge < -0.3 is 10.1 Å². The third-order valence-corrected chi connectivity index (χ3v) is 3.45. The number of nitrogens with zero attached hydrogens (tertiary/aromatic N) is 2. The molecule has 0 saturated heterocycles. The lowest BCUT2D eigenvalue weighted by Crippen LogP contribution is -2.35. The van der Waals surface area contributed by atoms with Gasteiger partial charge in [-0.25, -0.2) is 0 Å². The van der Waals surface area contributed by atoms with Crippen LogP contribution in [0.15, 0.2) is 48.5 Å². The maximum absolute atomic E-state index is 11.2. The van der Waals surface area contributed by atoms with Gasteiger partial charge in [-0.05, 0) is 24.3 Å². The van der Waals surface area contributed by atoms with E-state index < -0.39 is 10.3 Å². The standard InChI is InChI=1S/C13H14N3O5S/c1-21-13-9-11(14-10-5-3-2-4-6-10)7-8-12(13)16(15-17)22(18,19)20/h2-9,14,17H,1H3,(H,18,19,20). The molecule has 0 saturated carbocycles. The van der Waals surface area contributed by atoms with Crippen LogP contribution in [0.25, 0.3) is 0 Å². The molecule has 0 unspecified atom stereocenters. The van der Waals surface area contributed by atoms with Crippen molar-refractivity contribution in [2.24, 2.45) is 0 Å². The monoisotopic (exact) mass is 324 g/mol. The van der Waals surface area contributed by atoms with Crippen molar-refractivity contribution in [3.8, 4) is 5.75 Å². The molecule has 0 aliphatic rings. The number of benzene rings is 2. The summed E-state index contributed by atoms with van der Waals surface area (Å²) in [6.07, 6.45) is 0. The average molecular weight is 324 g/mol. The molecule has 0 aliphatic carbocycles. The van der Waals surface area contributed by atoms with Crippen LogP contribution in [0.3, 0.4) is 0 Å². The number of methoxy groups -OCH3 is 1. The van der Waals surface area contributed by atoms with Gasteiger partial charge in [-0.3, -0.25) is 9.76 Å².